The van der Waals surface area contributed by atoms with Gasteiger partial charge in [-0.15, -0.1) is 0 Å². The van der Waals surface area contributed by atoms with Crippen LogP contribution in [0.2, 0.25) is 0 Å². The molecule has 3 rings (SSSR count). The fourth-order valence-electron chi connectivity index (χ4n) is 2.75. The molecule has 27 heavy (non-hydrogen) atoms. The van der Waals surface area contributed by atoms with Gasteiger partial charge in [0.1, 0.15) is 17.0 Å². The second-order valence-corrected chi connectivity index (χ2v) is 7.68. The predicted octanol–water partition coefficient (Wildman–Crippen LogP) is 1.21. The Morgan fingerprint density at radius 3 is 2.26 bits per heavy atom. The largest absolute Gasteiger partial charge is 0.457 e. The predicted molar refractivity (Wildman–Crippen MR) is 93.8 cm³/mol. The molecular weight excluding hydrogens is 374 g/mol. The van der Waals surface area contributed by atoms with Crippen molar-refractivity contribution in [3.8, 4) is 11.5 Å². The Balaban J connectivity index is 1.78. The van der Waals surface area contributed by atoms with Gasteiger partial charge < -0.3 is 9.47 Å². The van der Waals surface area contributed by atoms with E-state index in [1.165, 1.54) is 29.7 Å². The molecule has 1 amide bonds. The van der Waals surface area contributed by atoms with Crippen LogP contribution in [0, 0.1) is 0 Å². The molecule has 1 saturated heterocycles. The first-order valence-corrected chi connectivity index (χ1v) is 9.68. The lowest BCUT2D eigenvalue weighted by molar-refractivity contribution is -0.139. The molecule has 10 heteroatoms. The lowest BCUT2D eigenvalue weighted by atomic mass is 9.91. The first-order valence-electron chi connectivity index (χ1n) is 8.19. The zero-order valence-corrected chi connectivity index (χ0v) is 15.1. The van der Waals surface area contributed by atoms with Crippen LogP contribution in [0.1, 0.15) is 12.8 Å². The highest BCUT2D eigenvalue weighted by molar-refractivity contribution is 7.89. The molecule has 1 aromatic carbocycles. The first kappa shape index (κ1) is 19.2. The number of ether oxygens (including phenoxy) is 2. The number of pyridine rings is 1. The molecule has 1 aromatic heterocycles. The number of carbonyl (C=O) groups is 1. The zero-order valence-electron chi connectivity index (χ0n) is 14.3. The van der Waals surface area contributed by atoms with E-state index in [2.05, 4.69) is 9.71 Å². The van der Waals surface area contributed by atoms with Crippen molar-refractivity contribution in [3.63, 3.8) is 0 Å². The average molecular weight is 393 g/mol. The van der Waals surface area contributed by atoms with E-state index in [9.17, 15) is 13.2 Å². The maximum absolute atomic E-state index is 12.7. The van der Waals surface area contributed by atoms with Gasteiger partial charge in [0.15, 0.2) is 0 Å². The van der Waals surface area contributed by atoms with Crippen LogP contribution in [-0.2, 0) is 19.6 Å². The van der Waals surface area contributed by atoms with Crippen LogP contribution < -0.4 is 14.9 Å². The molecule has 0 spiro atoms. The highest BCUT2D eigenvalue weighted by atomic mass is 32.2. The molecule has 1 aliphatic heterocycles. The number of rotatable bonds is 6. The van der Waals surface area contributed by atoms with Gasteiger partial charge in [-0.05, 0) is 49.2 Å². The van der Waals surface area contributed by atoms with Crippen LogP contribution in [0.25, 0.3) is 0 Å². The van der Waals surface area contributed by atoms with Crippen molar-refractivity contribution in [2.24, 2.45) is 0 Å². The molecule has 2 heterocycles. The second-order valence-electron chi connectivity index (χ2n) is 6.00. The van der Waals surface area contributed by atoms with E-state index in [1.807, 2.05) is 0 Å². The number of aromatic nitrogens is 1. The molecule has 2 aromatic rings. The SMILES string of the molecule is O=C(NO)C1(NS(=O)(=O)c2ccc(Oc3ccncc3)cc2)CCOCC1. The number of nitrogens with one attached hydrogen (secondary N) is 2. The maximum Gasteiger partial charge on any atom is 0.264 e. The highest BCUT2D eigenvalue weighted by Gasteiger charge is 2.43. The summed E-state index contributed by atoms with van der Waals surface area (Å²) in [6, 6.07) is 9.13. The number of amides is 1. The summed E-state index contributed by atoms with van der Waals surface area (Å²) >= 11 is 0. The van der Waals surface area contributed by atoms with E-state index < -0.39 is 21.5 Å². The normalized spacial score (nSPS) is 16.5. The first-order chi connectivity index (χ1) is 13.0. The minimum Gasteiger partial charge on any atom is -0.457 e. The van der Waals surface area contributed by atoms with E-state index >= 15 is 0 Å². The van der Waals surface area contributed by atoms with E-state index in [1.54, 1.807) is 24.5 Å². The Morgan fingerprint density at radius 2 is 1.67 bits per heavy atom. The Bertz CT molecular complexity index is 881. The molecule has 3 N–H and O–H groups in total. The second kappa shape index (κ2) is 8.01. The molecule has 0 bridgehead atoms. The summed E-state index contributed by atoms with van der Waals surface area (Å²) in [5.74, 6) is 0.209. The lowest BCUT2D eigenvalue weighted by Crippen LogP contribution is -2.60. The quantitative estimate of drug-likeness (QED) is 0.497. The van der Waals surface area contributed by atoms with Gasteiger partial charge in [-0.3, -0.25) is 15.0 Å². The van der Waals surface area contributed by atoms with Gasteiger partial charge in [0.05, 0.1) is 4.90 Å². The number of hydroxylamine groups is 1. The number of hydrogen-bond donors (Lipinski definition) is 3. The van der Waals surface area contributed by atoms with E-state index in [0.717, 1.165) is 0 Å². The summed E-state index contributed by atoms with van der Waals surface area (Å²) in [7, 11) is -4.01. The third-order valence-electron chi connectivity index (χ3n) is 4.23. The van der Waals surface area contributed by atoms with Crippen LogP contribution in [0.5, 0.6) is 11.5 Å². The third kappa shape index (κ3) is 4.42. The molecular formula is C17H19N3O6S. The van der Waals surface area contributed by atoms with Gasteiger partial charge in [-0.1, -0.05) is 0 Å². The van der Waals surface area contributed by atoms with Crippen molar-refractivity contribution in [2.45, 2.75) is 23.3 Å². The minimum atomic E-state index is -4.01. The van der Waals surface area contributed by atoms with Gasteiger partial charge in [-0.25, -0.2) is 13.9 Å². The van der Waals surface area contributed by atoms with Crippen molar-refractivity contribution in [1.82, 2.24) is 15.2 Å². The van der Waals surface area contributed by atoms with Gasteiger partial charge in [0.25, 0.3) is 5.91 Å². The smallest absolute Gasteiger partial charge is 0.264 e. The maximum atomic E-state index is 12.7. The van der Waals surface area contributed by atoms with Crippen molar-refractivity contribution >= 4 is 15.9 Å². The monoisotopic (exact) mass is 393 g/mol. The zero-order chi connectivity index (χ0) is 19.3. The number of sulfonamides is 1. The Labute approximate surface area is 156 Å². The number of carbonyl (C=O) groups excluding carboxylic acids is 1. The molecule has 9 nitrogen and oxygen atoms in total. The summed E-state index contributed by atoms with van der Waals surface area (Å²) in [6.07, 6.45) is 3.39. The minimum absolute atomic E-state index is 0.0267. The summed E-state index contributed by atoms with van der Waals surface area (Å²) in [5.41, 5.74) is 0.0792. The van der Waals surface area contributed by atoms with Gasteiger partial charge >= 0.3 is 0 Å². The Hall–Kier alpha value is -2.53. The van der Waals surface area contributed by atoms with Crippen LogP contribution in [0.3, 0.4) is 0 Å². The Morgan fingerprint density at radius 1 is 1.07 bits per heavy atom. The molecule has 0 atom stereocenters. The van der Waals surface area contributed by atoms with Crippen LogP contribution >= 0.6 is 0 Å². The highest BCUT2D eigenvalue weighted by Crippen LogP contribution is 2.26. The third-order valence-corrected chi connectivity index (χ3v) is 5.78. The van der Waals surface area contributed by atoms with Crippen LogP contribution in [0.4, 0.5) is 0 Å². The summed E-state index contributed by atoms with van der Waals surface area (Å²) in [6.45, 7) is 0.406. The topological polar surface area (TPSA) is 127 Å². The van der Waals surface area contributed by atoms with Crippen molar-refractivity contribution in [2.75, 3.05) is 13.2 Å². The lowest BCUT2D eigenvalue weighted by Gasteiger charge is -2.35. The van der Waals surface area contributed by atoms with Crippen molar-refractivity contribution in [1.29, 1.82) is 0 Å². The van der Waals surface area contributed by atoms with Crippen molar-refractivity contribution < 1.29 is 27.9 Å². The summed E-state index contributed by atoms with van der Waals surface area (Å²) in [4.78, 5) is 15.9. The molecule has 0 radical (unpaired) electrons. The fourth-order valence-corrected chi connectivity index (χ4v) is 4.17. The average Bonchev–Trinajstić information content (AvgIpc) is 2.69. The van der Waals surface area contributed by atoms with Crippen LogP contribution in [0.15, 0.2) is 53.7 Å². The molecule has 0 saturated carbocycles. The molecule has 144 valence electrons. The van der Waals surface area contributed by atoms with E-state index in [-0.39, 0.29) is 31.0 Å². The Kier molecular flexibility index (Phi) is 5.71. The van der Waals surface area contributed by atoms with Crippen molar-refractivity contribution in [3.05, 3.63) is 48.8 Å². The molecule has 0 aliphatic carbocycles. The van der Waals surface area contributed by atoms with Crippen LogP contribution in [-0.4, -0.2) is 43.3 Å². The van der Waals surface area contributed by atoms with Gasteiger partial charge in [0.2, 0.25) is 10.0 Å². The van der Waals surface area contributed by atoms with Gasteiger partial charge in [-0.2, -0.15) is 4.72 Å². The fraction of sp³-hybridized carbons (Fsp3) is 0.294. The van der Waals surface area contributed by atoms with E-state index in [4.69, 9.17) is 14.7 Å². The molecule has 1 aliphatic rings. The number of benzene rings is 1. The summed E-state index contributed by atoms with van der Waals surface area (Å²) in [5, 5.41) is 9.00. The molecule has 1 fully saturated rings. The number of hydrogen-bond acceptors (Lipinski definition) is 7. The summed E-state index contributed by atoms with van der Waals surface area (Å²) < 4.78 is 38.7. The number of nitrogens with zero attached hydrogens (tertiary/aromatic N) is 1. The molecule has 0 unspecified atom stereocenters. The standard InChI is InChI=1S/C17H19N3O6S/c21-16(19-22)17(7-11-25-12-8-17)20-27(23,24)15-3-1-13(2-4-15)26-14-5-9-18-10-6-14/h1-6,9-10,20,22H,7-8,11-12H2,(H,19,21). The van der Waals surface area contributed by atoms with E-state index in [0.29, 0.717) is 11.5 Å². The van der Waals surface area contributed by atoms with Gasteiger partial charge in [0, 0.05) is 25.6 Å².